The Hall–Kier alpha value is -4.83. The van der Waals surface area contributed by atoms with Crippen LogP contribution in [0.4, 0.5) is 25.8 Å². The molecular formula is C60H109IN5O18-. The Kier molecular flexibility index (Phi) is 54.7. The molecule has 0 spiro atoms. The van der Waals surface area contributed by atoms with Crippen LogP contribution in [-0.4, -0.2) is 143 Å². The Balaban J connectivity index is -0.000000530. The molecule has 2 aromatic carbocycles. The van der Waals surface area contributed by atoms with Crippen LogP contribution in [0, 0.1) is 67.6 Å². The molecule has 0 bridgehead atoms. The molecule has 8 N–H and O–H groups in total. The van der Waals surface area contributed by atoms with Crippen molar-refractivity contribution in [3.8, 4) is 11.5 Å². The monoisotopic (exact) mass is 1310 g/mol. The molecule has 0 aromatic heterocycles. The molecule has 11 atom stereocenters. The molecule has 0 aliphatic heterocycles. The normalized spacial score (nSPS) is 21.2. The number of nitrogens with one attached hydrogen (secondary N) is 2. The first-order chi connectivity index (χ1) is 39.7. The van der Waals surface area contributed by atoms with Gasteiger partial charge in [0.25, 0.3) is 5.69 Å². The molecule has 490 valence electrons. The first kappa shape index (κ1) is 85.6. The number of halogens is 1. The third kappa shape index (κ3) is 35.6. The minimum atomic E-state index is -0.862. The molecule has 2 amide bonds. The second kappa shape index (κ2) is 53.6. The number of hydrogen-bond donors (Lipinski definition) is 7. The number of alkyl carbamates (subject to hydrolysis) is 1. The van der Waals surface area contributed by atoms with Crippen LogP contribution in [0.2, 0.25) is 0 Å². The van der Waals surface area contributed by atoms with E-state index in [1.165, 1.54) is 76.2 Å². The molecule has 0 saturated heterocycles. The Bertz CT molecular complexity index is 1920. The summed E-state index contributed by atoms with van der Waals surface area (Å²) in [6, 6.07) is 11.0. The predicted octanol–water partition coefficient (Wildman–Crippen LogP) is 7.74. The number of hydrogen-bond acceptors (Lipinski definition) is 19. The SMILES string of the molecule is C.CC.CC.CC(COCCO)OCCO.CCC[C@@H]1CC(CO)[C@H](CCC[C@H]2CC(CO)[C@@H](CCC)[C@@H](CC)C2N)[C@@H](CC)C1NC(C)=O.CNC(=O)OC.COC(=O)Oc1ccc([N+](=O)[O-])cc1.C[I-]C(=O)Oc1ccc([N+](=O)[O-])cc1. The number of nitrogens with zero attached hydrogens (tertiary/aromatic N) is 2. The summed E-state index contributed by atoms with van der Waals surface area (Å²) in [5.74, 6) is 4.21. The number of carbonyl (C=O) groups excluding carboxylic acids is 4. The number of alkyl halides is 1. The summed E-state index contributed by atoms with van der Waals surface area (Å²) in [6.07, 6.45) is 10.8. The molecule has 2 saturated carbocycles. The molecular weight excluding hydrogens is 1210 g/mol. The fourth-order valence-electron chi connectivity index (χ4n) is 10.5. The number of aliphatic hydroxyl groups is 4. The van der Waals surface area contributed by atoms with Crippen molar-refractivity contribution in [3.05, 3.63) is 68.8 Å². The number of methoxy groups -OCH3 is 2. The van der Waals surface area contributed by atoms with Crippen LogP contribution in [-0.2, 0) is 23.7 Å². The summed E-state index contributed by atoms with van der Waals surface area (Å²) in [7, 11) is 4.00. The van der Waals surface area contributed by atoms with E-state index in [1.54, 1.807) is 11.9 Å². The Morgan fingerprint density at radius 3 is 1.55 bits per heavy atom. The summed E-state index contributed by atoms with van der Waals surface area (Å²) in [4.78, 5) is 64.7. The number of amides is 2. The second-order valence-electron chi connectivity index (χ2n) is 19.2. The zero-order valence-corrected chi connectivity index (χ0v) is 54.2. The van der Waals surface area contributed by atoms with Gasteiger partial charge in [0, 0.05) is 51.4 Å². The van der Waals surface area contributed by atoms with Crippen molar-refractivity contribution in [2.24, 2.45) is 53.1 Å². The molecule has 4 rings (SSSR count). The summed E-state index contributed by atoms with van der Waals surface area (Å²) < 4.78 is 27.7. The van der Waals surface area contributed by atoms with Gasteiger partial charge in [0.15, 0.2) is 0 Å². The number of carbonyl (C=O) groups is 4. The van der Waals surface area contributed by atoms with Gasteiger partial charge in [-0.15, -0.1) is 0 Å². The minimum absolute atomic E-state index is 0. The average molecular weight is 1320 g/mol. The van der Waals surface area contributed by atoms with E-state index >= 15 is 0 Å². The second-order valence-corrected chi connectivity index (χ2v) is 21.2. The van der Waals surface area contributed by atoms with Crippen LogP contribution in [0.15, 0.2) is 48.5 Å². The van der Waals surface area contributed by atoms with E-state index in [4.69, 9.17) is 30.2 Å². The van der Waals surface area contributed by atoms with E-state index in [0.29, 0.717) is 72.9 Å². The van der Waals surface area contributed by atoms with Crippen LogP contribution in [0.1, 0.15) is 147 Å². The van der Waals surface area contributed by atoms with Gasteiger partial charge in [-0.2, -0.15) is 0 Å². The first-order valence-electron chi connectivity index (χ1n) is 29.1. The van der Waals surface area contributed by atoms with Crippen molar-refractivity contribution in [2.45, 2.75) is 165 Å². The average Bonchev–Trinajstić information content (AvgIpc) is 3.45. The van der Waals surface area contributed by atoms with Gasteiger partial charge in [-0.1, -0.05) is 101 Å². The molecule has 23 nitrogen and oxygen atoms in total. The molecule has 0 radical (unpaired) electrons. The van der Waals surface area contributed by atoms with Crippen LogP contribution in [0.25, 0.3) is 0 Å². The van der Waals surface area contributed by atoms with Crippen LogP contribution in [0.3, 0.4) is 0 Å². The topological polar surface area (TPSA) is 341 Å². The van der Waals surface area contributed by atoms with E-state index in [2.05, 4.69) is 52.5 Å². The van der Waals surface area contributed by atoms with Gasteiger partial charge in [-0.25, -0.2) is 9.59 Å². The molecule has 24 heteroatoms. The van der Waals surface area contributed by atoms with Crippen LogP contribution < -0.4 is 47.0 Å². The van der Waals surface area contributed by atoms with Crippen molar-refractivity contribution >= 4 is 33.5 Å². The third-order valence-electron chi connectivity index (χ3n) is 14.0. The molecule has 2 fully saturated rings. The third-order valence-corrected chi connectivity index (χ3v) is 15.1. The van der Waals surface area contributed by atoms with Crippen molar-refractivity contribution in [1.29, 1.82) is 0 Å². The van der Waals surface area contributed by atoms with Crippen molar-refractivity contribution < 1.29 is 99.1 Å². The number of benzene rings is 2. The van der Waals surface area contributed by atoms with Gasteiger partial charge < -0.3 is 60.5 Å². The zero-order chi connectivity index (χ0) is 63.9. The number of rotatable bonds is 25. The van der Waals surface area contributed by atoms with Gasteiger partial charge in [-0.3, -0.25) is 14.9 Å². The number of nitro benzene ring substituents is 2. The summed E-state index contributed by atoms with van der Waals surface area (Å²) in [5.41, 5.74) is 6.77. The molecule has 5 unspecified atom stereocenters. The van der Waals surface area contributed by atoms with E-state index in [0.717, 1.165) is 64.2 Å². The zero-order valence-electron chi connectivity index (χ0n) is 52.1. The van der Waals surface area contributed by atoms with Gasteiger partial charge in [0.05, 0.1) is 58.3 Å². The molecule has 2 aromatic rings. The number of non-ortho nitro benzene ring substituents is 2. The van der Waals surface area contributed by atoms with E-state index in [1.807, 2.05) is 34.6 Å². The Labute approximate surface area is 512 Å². The number of ether oxygens (including phenoxy) is 6. The van der Waals surface area contributed by atoms with Crippen molar-refractivity contribution in [1.82, 2.24) is 10.6 Å². The van der Waals surface area contributed by atoms with Crippen molar-refractivity contribution in [3.63, 3.8) is 0 Å². The molecule has 2 aliphatic rings. The van der Waals surface area contributed by atoms with Gasteiger partial charge in [0.1, 0.15) is 5.75 Å². The number of nitro groups is 2. The first-order valence-corrected chi connectivity index (χ1v) is 32.3. The summed E-state index contributed by atoms with van der Waals surface area (Å²) in [5, 5.41) is 63.3. The standard InChI is InChI=1S/C29H56N2O3.C8H7INO4.C8H7NO5.C7H16O4.C3H7NO2.2C2H6.CH4/c1-6-11-21-16-23(18-33)27(25(9-4)29(21)31-19(5)34)14-10-13-20-15-22(17-32)26(12-7-2)24(8-3)28(20)30;1-9-8(11)14-7-4-2-6(3-5-7)10(12)13;1-13-8(10)14-7-4-2-6(3-5-7)9(11)12;1-7(11-5-3-9)6-10-4-2-8;1-4-3(5)6-2;2*1-2;/h20-29,32-33H,6-18,30H2,1-5H3,(H,31,34);2*2-5H,1H3;7-9H,2-6H2,1H3;1-2H3,(H,4,5);2*1-2H3;1H4/q;-1;;;;;;/t20-,21+,22?,23?,24+,25+,26+,27-,28?,29?;;;;;;;/m0......./s1. The van der Waals surface area contributed by atoms with Crippen LogP contribution >= 0.6 is 0 Å². The van der Waals surface area contributed by atoms with Gasteiger partial charge in [0.2, 0.25) is 5.91 Å². The fraction of sp³-hybridized carbons (Fsp3) is 0.733. The van der Waals surface area contributed by atoms with Crippen molar-refractivity contribution in [2.75, 3.05) is 72.4 Å². The maximum atomic E-state index is 12.0. The Morgan fingerprint density at radius 2 is 1.17 bits per heavy atom. The molecule has 84 heavy (non-hydrogen) atoms. The van der Waals surface area contributed by atoms with Gasteiger partial charge >= 0.3 is 103 Å². The Morgan fingerprint density at radius 1 is 0.690 bits per heavy atom. The summed E-state index contributed by atoms with van der Waals surface area (Å²) >= 11 is -0.597. The maximum absolute atomic E-state index is 12.0. The van der Waals surface area contributed by atoms with E-state index in [-0.39, 0.29) is 79.0 Å². The van der Waals surface area contributed by atoms with Gasteiger partial charge in [-0.05, 0) is 98.5 Å². The number of nitrogens with two attached hydrogens (primary N) is 1. The molecule has 2 aliphatic carbocycles. The van der Waals surface area contributed by atoms with E-state index in [9.17, 15) is 49.6 Å². The predicted molar refractivity (Wildman–Crippen MR) is 324 cm³/mol. The van der Waals surface area contributed by atoms with E-state index < -0.39 is 43.3 Å². The fourth-order valence-corrected chi connectivity index (χ4v) is 11.0. The van der Waals surface area contributed by atoms with Crippen LogP contribution in [0.5, 0.6) is 11.5 Å². The molecule has 0 heterocycles. The quantitative estimate of drug-likeness (QED) is 0.00730. The summed E-state index contributed by atoms with van der Waals surface area (Å²) in [6.45, 7) is 22.2. The number of aliphatic hydroxyl groups excluding tert-OH is 4.